The number of ketones is 1. The monoisotopic (exact) mass is 535 g/mol. The highest BCUT2D eigenvalue weighted by Gasteiger charge is 2.21. The second-order valence-corrected chi connectivity index (χ2v) is 9.22. The molecule has 8 nitrogen and oxygen atoms in total. The maximum Gasteiger partial charge on any atom is 0.326 e. The van der Waals surface area contributed by atoms with E-state index in [1.165, 1.54) is 0 Å². The summed E-state index contributed by atoms with van der Waals surface area (Å²) in [6.07, 6.45) is 0.232. The van der Waals surface area contributed by atoms with Crippen molar-refractivity contribution in [1.29, 1.82) is 0 Å². The molecule has 3 N–H and O–H groups in total. The van der Waals surface area contributed by atoms with Gasteiger partial charge in [-0.1, -0.05) is 66.7 Å². The number of carboxylic acid groups (broad SMARTS) is 1. The van der Waals surface area contributed by atoms with E-state index in [2.05, 4.69) is 15.6 Å². The Morgan fingerprint density at radius 2 is 1.60 bits per heavy atom. The Hall–Kier alpha value is -4.95. The summed E-state index contributed by atoms with van der Waals surface area (Å²) in [6.45, 7) is 1.55. The van der Waals surface area contributed by atoms with E-state index in [9.17, 15) is 14.7 Å². The molecule has 0 aliphatic carbocycles. The lowest BCUT2D eigenvalue weighted by atomic mass is 10.00. The van der Waals surface area contributed by atoms with Crippen LogP contribution in [0.15, 0.2) is 108 Å². The summed E-state index contributed by atoms with van der Waals surface area (Å²) >= 11 is 0. The van der Waals surface area contributed by atoms with E-state index in [-0.39, 0.29) is 12.2 Å². The zero-order chi connectivity index (χ0) is 27.7. The predicted octanol–water partition coefficient (Wildman–Crippen LogP) is 5.34. The lowest BCUT2D eigenvalue weighted by molar-refractivity contribution is -0.137. The van der Waals surface area contributed by atoms with Gasteiger partial charge in [0.2, 0.25) is 5.89 Å². The summed E-state index contributed by atoms with van der Waals surface area (Å²) in [5.41, 5.74) is 3.87. The van der Waals surface area contributed by atoms with Gasteiger partial charge in [0.1, 0.15) is 23.9 Å². The molecule has 40 heavy (non-hydrogen) atoms. The highest BCUT2D eigenvalue weighted by atomic mass is 16.5. The van der Waals surface area contributed by atoms with Crippen molar-refractivity contribution in [2.24, 2.45) is 0 Å². The number of para-hydroxylation sites is 3. The van der Waals surface area contributed by atoms with Crippen LogP contribution in [0.3, 0.4) is 0 Å². The van der Waals surface area contributed by atoms with Gasteiger partial charge < -0.3 is 24.9 Å². The first-order valence-electron chi connectivity index (χ1n) is 13.0. The number of nitrogens with one attached hydrogen (secondary N) is 2. The van der Waals surface area contributed by atoms with Crippen LogP contribution in [-0.2, 0) is 17.8 Å². The van der Waals surface area contributed by atoms with Crippen molar-refractivity contribution in [3.05, 3.63) is 126 Å². The van der Waals surface area contributed by atoms with Crippen molar-refractivity contribution in [3.63, 3.8) is 0 Å². The summed E-state index contributed by atoms with van der Waals surface area (Å²) in [6, 6.07) is 29.9. The van der Waals surface area contributed by atoms with Crippen LogP contribution < -0.4 is 15.4 Å². The molecule has 5 aromatic rings. The molecule has 0 radical (unpaired) electrons. The molecule has 0 saturated carbocycles. The van der Waals surface area contributed by atoms with Crippen LogP contribution in [0.5, 0.6) is 5.75 Å². The molecule has 0 fully saturated rings. The van der Waals surface area contributed by atoms with Crippen molar-refractivity contribution in [2.45, 2.75) is 19.0 Å². The molecule has 8 heteroatoms. The quantitative estimate of drug-likeness (QED) is 0.137. The molecule has 0 spiro atoms. The summed E-state index contributed by atoms with van der Waals surface area (Å²) < 4.78 is 11.5. The number of hydrogen-bond donors (Lipinski definition) is 3. The average Bonchev–Trinajstić information content (AvgIpc) is 3.41. The first-order valence-corrected chi connectivity index (χ1v) is 13.0. The third kappa shape index (κ3) is 6.73. The van der Waals surface area contributed by atoms with Gasteiger partial charge in [0.15, 0.2) is 11.4 Å². The van der Waals surface area contributed by atoms with Gasteiger partial charge in [-0.25, -0.2) is 9.78 Å². The second-order valence-electron chi connectivity index (χ2n) is 9.22. The highest BCUT2D eigenvalue weighted by Crippen LogP contribution is 2.22. The predicted molar refractivity (Wildman–Crippen MR) is 153 cm³/mol. The molecule has 0 bridgehead atoms. The van der Waals surface area contributed by atoms with Gasteiger partial charge in [-0.3, -0.25) is 4.79 Å². The van der Waals surface area contributed by atoms with Crippen LogP contribution in [0.1, 0.15) is 27.4 Å². The first kappa shape index (κ1) is 26.6. The molecule has 0 aliphatic rings. The van der Waals surface area contributed by atoms with E-state index in [1.807, 2.05) is 54.6 Å². The number of carboxylic acids is 1. The van der Waals surface area contributed by atoms with Crippen molar-refractivity contribution in [3.8, 4) is 5.75 Å². The molecule has 1 aromatic heterocycles. The van der Waals surface area contributed by atoms with Crippen LogP contribution in [0.4, 0.5) is 5.69 Å². The van der Waals surface area contributed by atoms with Gasteiger partial charge >= 0.3 is 5.97 Å². The maximum absolute atomic E-state index is 13.0. The summed E-state index contributed by atoms with van der Waals surface area (Å²) in [4.78, 5) is 29.6. The third-order valence-corrected chi connectivity index (χ3v) is 6.36. The Bertz CT molecular complexity index is 1550. The number of nitrogens with zero attached hydrogens (tertiary/aromatic N) is 1. The summed E-state index contributed by atoms with van der Waals surface area (Å²) in [5, 5.41) is 16.2. The Balaban J connectivity index is 1.13. The topological polar surface area (TPSA) is 114 Å². The van der Waals surface area contributed by atoms with E-state index in [4.69, 9.17) is 9.15 Å². The average molecular weight is 536 g/mol. The number of anilines is 1. The van der Waals surface area contributed by atoms with Gasteiger partial charge in [0.05, 0.1) is 6.54 Å². The van der Waals surface area contributed by atoms with E-state index in [0.717, 1.165) is 16.7 Å². The number of carbonyl (C=O) groups is 2. The van der Waals surface area contributed by atoms with Crippen molar-refractivity contribution in [1.82, 2.24) is 10.3 Å². The van der Waals surface area contributed by atoms with E-state index in [1.54, 1.807) is 48.5 Å². The standard InChI is InChI=1S/C32H29N3O5/c36-31(23-8-2-1-3-9-23)25-10-4-5-11-26(25)34-28(32(37)38)20-22-14-16-24(17-15-22)39-19-18-33-21-30-35-27-12-6-7-13-29(27)40-30/h1-17,28,33-34H,18-21H2,(H,37,38)/t28-/m0/s1. The number of carbonyl (C=O) groups excluding carboxylic acids is 1. The Labute approximate surface area is 231 Å². The Kier molecular flexibility index (Phi) is 8.48. The smallest absolute Gasteiger partial charge is 0.326 e. The number of benzene rings is 4. The molecule has 4 aromatic carbocycles. The minimum atomic E-state index is -1.01. The lowest BCUT2D eigenvalue weighted by Gasteiger charge is -2.18. The van der Waals surface area contributed by atoms with Crippen molar-refractivity contribution >= 4 is 28.5 Å². The largest absolute Gasteiger partial charge is 0.492 e. The van der Waals surface area contributed by atoms with Crippen LogP contribution in [0.25, 0.3) is 11.1 Å². The molecule has 0 saturated heterocycles. The van der Waals surface area contributed by atoms with E-state index < -0.39 is 12.0 Å². The van der Waals surface area contributed by atoms with Crippen LogP contribution in [-0.4, -0.2) is 41.0 Å². The Morgan fingerprint density at radius 1 is 0.875 bits per heavy atom. The Morgan fingerprint density at radius 3 is 2.38 bits per heavy atom. The molecular formula is C32H29N3O5. The molecular weight excluding hydrogens is 506 g/mol. The lowest BCUT2D eigenvalue weighted by Crippen LogP contribution is -2.32. The molecule has 202 valence electrons. The fourth-order valence-corrected chi connectivity index (χ4v) is 4.33. The zero-order valence-corrected chi connectivity index (χ0v) is 21.7. The number of fused-ring (bicyclic) bond motifs is 1. The SMILES string of the molecule is O=C(c1ccccc1)c1ccccc1N[C@@H](Cc1ccc(OCCNCc2nc3ccccc3o2)cc1)C(=O)O. The maximum atomic E-state index is 13.0. The van der Waals surface area contributed by atoms with Crippen molar-refractivity contribution in [2.75, 3.05) is 18.5 Å². The fourth-order valence-electron chi connectivity index (χ4n) is 4.33. The molecule has 0 amide bonds. The van der Waals surface area contributed by atoms with Crippen LogP contribution in [0, 0.1) is 0 Å². The normalized spacial score (nSPS) is 11.7. The van der Waals surface area contributed by atoms with E-state index in [0.29, 0.717) is 48.2 Å². The van der Waals surface area contributed by atoms with Crippen molar-refractivity contribution < 1.29 is 23.8 Å². The molecule has 1 atom stereocenters. The fraction of sp³-hybridized carbons (Fsp3) is 0.156. The zero-order valence-electron chi connectivity index (χ0n) is 21.7. The first-order chi connectivity index (χ1) is 19.6. The van der Waals surface area contributed by atoms with Gasteiger partial charge in [0, 0.05) is 29.8 Å². The van der Waals surface area contributed by atoms with Crippen LogP contribution >= 0.6 is 0 Å². The highest BCUT2D eigenvalue weighted by molar-refractivity contribution is 6.12. The molecule has 1 heterocycles. The van der Waals surface area contributed by atoms with Gasteiger partial charge in [-0.05, 0) is 42.0 Å². The number of aliphatic carboxylic acids is 1. The van der Waals surface area contributed by atoms with Gasteiger partial charge in [-0.15, -0.1) is 0 Å². The van der Waals surface area contributed by atoms with Gasteiger partial charge in [0.25, 0.3) is 0 Å². The molecule has 0 unspecified atom stereocenters. The van der Waals surface area contributed by atoms with Gasteiger partial charge in [-0.2, -0.15) is 0 Å². The van der Waals surface area contributed by atoms with Crippen LogP contribution in [0.2, 0.25) is 0 Å². The second kappa shape index (κ2) is 12.7. The minimum absolute atomic E-state index is 0.169. The summed E-state index contributed by atoms with van der Waals surface area (Å²) in [5.74, 6) is 0.134. The number of oxazole rings is 1. The third-order valence-electron chi connectivity index (χ3n) is 6.36. The molecule has 0 aliphatic heterocycles. The minimum Gasteiger partial charge on any atom is -0.492 e. The number of rotatable bonds is 13. The van der Waals surface area contributed by atoms with E-state index >= 15 is 0 Å². The molecule has 5 rings (SSSR count). The number of hydrogen-bond acceptors (Lipinski definition) is 7. The summed E-state index contributed by atoms with van der Waals surface area (Å²) in [7, 11) is 0. The number of aromatic nitrogens is 1. The number of ether oxygens (including phenoxy) is 1.